The number of hydrogen-bond acceptors (Lipinski definition) is 1. The summed E-state index contributed by atoms with van der Waals surface area (Å²) in [6.07, 6.45) is 0. The normalized spacial score (nSPS) is 13.6. The molecule has 50 heavy (non-hydrogen) atoms. The monoisotopic (exact) mass is 636 g/mol. The molecule has 10 aromatic rings. The molecule has 0 atom stereocenters. The highest BCUT2D eigenvalue weighted by molar-refractivity contribution is 6.22. The lowest BCUT2D eigenvalue weighted by molar-refractivity contribution is 0.661. The van der Waals surface area contributed by atoms with Crippen LogP contribution in [0, 0.1) is 0 Å². The maximum Gasteiger partial charge on any atom is 0.146 e. The molecule has 11 rings (SSSR count). The number of fused-ring (bicyclic) bond motifs is 13. The van der Waals surface area contributed by atoms with Crippen molar-refractivity contribution in [2.24, 2.45) is 0 Å². The number of aromatic nitrogens is 2. The van der Waals surface area contributed by atoms with Gasteiger partial charge in [0.15, 0.2) is 0 Å². The molecule has 2 heterocycles. The maximum absolute atomic E-state index is 5.37. The molecule has 0 radical (unpaired) electrons. The van der Waals surface area contributed by atoms with E-state index in [1.54, 1.807) is 0 Å². The van der Waals surface area contributed by atoms with Gasteiger partial charge in [-0.05, 0) is 90.6 Å². The summed E-state index contributed by atoms with van der Waals surface area (Å²) in [7, 11) is 0. The summed E-state index contributed by atoms with van der Waals surface area (Å²) in [5.74, 6) is 0.964. The number of rotatable bonds is 2. The molecule has 2 aromatic heterocycles. The molecule has 1 aliphatic carbocycles. The first-order valence-corrected chi connectivity index (χ1v) is 17.5. The van der Waals surface area contributed by atoms with Crippen LogP contribution in [0.15, 0.2) is 158 Å². The van der Waals surface area contributed by atoms with E-state index in [-0.39, 0.29) is 5.41 Å². The molecule has 0 bridgehead atoms. The van der Waals surface area contributed by atoms with Gasteiger partial charge in [0.2, 0.25) is 0 Å². The van der Waals surface area contributed by atoms with E-state index >= 15 is 0 Å². The summed E-state index contributed by atoms with van der Waals surface area (Å²) >= 11 is 0. The third-order valence-electron chi connectivity index (χ3n) is 11.4. The standard InChI is InChI=1S/C48H32N2/c1-48(2)40-24-20-29-11-3-5-13-33(29)45(40)38-23-19-32(28-41(38)48)31-22-25-43-39(27-31)46-34-14-6-4-12-30(34)21-26-44(46)50(43)47-37-17-8-7-15-35(37)36-16-9-10-18-42(36)49-47/h3-28H,1-2H3. The van der Waals surface area contributed by atoms with Crippen LogP contribution in [0.2, 0.25) is 0 Å². The Morgan fingerprint density at radius 3 is 1.92 bits per heavy atom. The third kappa shape index (κ3) is 3.65. The summed E-state index contributed by atoms with van der Waals surface area (Å²) < 4.78 is 2.39. The molecule has 0 saturated carbocycles. The first kappa shape index (κ1) is 27.7. The minimum atomic E-state index is -0.0934. The fourth-order valence-corrected chi connectivity index (χ4v) is 8.94. The molecule has 1 aliphatic rings. The number of nitrogens with zero attached hydrogens (tertiary/aromatic N) is 2. The minimum absolute atomic E-state index is 0.0934. The Morgan fingerprint density at radius 1 is 0.460 bits per heavy atom. The van der Waals surface area contributed by atoms with E-state index in [9.17, 15) is 0 Å². The first-order valence-electron chi connectivity index (χ1n) is 17.5. The maximum atomic E-state index is 5.37. The Bertz CT molecular complexity index is 3070. The molecule has 0 aliphatic heterocycles. The van der Waals surface area contributed by atoms with Gasteiger partial charge in [-0.2, -0.15) is 0 Å². The molecule has 0 spiro atoms. The van der Waals surface area contributed by atoms with Crippen molar-refractivity contribution in [3.8, 4) is 28.1 Å². The summed E-state index contributed by atoms with van der Waals surface area (Å²) in [4.78, 5) is 5.37. The fraction of sp³-hybridized carbons (Fsp3) is 0.0625. The second kappa shape index (κ2) is 9.90. The highest BCUT2D eigenvalue weighted by Crippen LogP contribution is 2.52. The van der Waals surface area contributed by atoms with Gasteiger partial charge in [0, 0.05) is 27.0 Å². The lowest BCUT2D eigenvalue weighted by Crippen LogP contribution is -2.15. The van der Waals surface area contributed by atoms with E-state index < -0.39 is 0 Å². The predicted molar refractivity (Wildman–Crippen MR) is 212 cm³/mol. The van der Waals surface area contributed by atoms with Crippen LogP contribution in [0.4, 0.5) is 0 Å². The fourth-order valence-electron chi connectivity index (χ4n) is 8.94. The van der Waals surface area contributed by atoms with E-state index in [0.29, 0.717) is 0 Å². The van der Waals surface area contributed by atoms with Crippen molar-refractivity contribution in [1.29, 1.82) is 0 Å². The SMILES string of the molecule is CC1(C)c2cc(-c3ccc4c(c3)c3c5ccccc5ccc3n4-c3nc4ccccc4c4ccccc34)ccc2-c2c1ccc1ccccc21. The summed E-state index contributed by atoms with van der Waals surface area (Å²) in [5, 5.41) is 11.2. The summed E-state index contributed by atoms with van der Waals surface area (Å²) in [6.45, 7) is 4.75. The molecule has 0 unspecified atom stereocenters. The van der Waals surface area contributed by atoms with Crippen LogP contribution >= 0.6 is 0 Å². The molecule has 2 heteroatoms. The molecular weight excluding hydrogens is 605 g/mol. The van der Waals surface area contributed by atoms with Crippen molar-refractivity contribution in [3.63, 3.8) is 0 Å². The van der Waals surface area contributed by atoms with Crippen molar-refractivity contribution in [2.75, 3.05) is 0 Å². The van der Waals surface area contributed by atoms with Crippen molar-refractivity contribution in [2.45, 2.75) is 19.3 Å². The van der Waals surface area contributed by atoms with Crippen molar-refractivity contribution in [1.82, 2.24) is 9.55 Å². The van der Waals surface area contributed by atoms with E-state index in [4.69, 9.17) is 4.98 Å². The molecule has 0 amide bonds. The van der Waals surface area contributed by atoms with E-state index in [1.165, 1.54) is 82.0 Å². The van der Waals surface area contributed by atoms with Crippen LogP contribution in [0.3, 0.4) is 0 Å². The smallest absolute Gasteiger partial charge is 0.146 e. The molecule has 8 aromatic carbocycles. The van der Waals surface area contributed by atoms with Crippen LogP contribution in [-0.4, -0.2) is 9.55 Å². The Balaban J connectivity index is 1.18. The van der Waals surface area contributed by atoms with Gasteiger partial charge in [-0.1, -0.05) is 141 Å². The lowest BCUT2D eigenvalue weighted by atomic mass is 9.81. The lowest BCUT2D eigenvalue weighted by Gasteiger charge is -2.22. The minimum Gasteiger partial charge on any atom is -0.293 e. The van der Waals surface area contributed by atoms with Crippen LogP contribution in [0.1, 0.15) is 25.0 Å². The van der Waals surface area contributed by atoms with E-state index in [1.807, 2.05) is 0 Å². The van der Waals surface area contributed by atoms with Crippen LogP contribution in [0.5, 0.6) is 0 Å². The quantitative estimate of drug-likeness (QED) is 0.173. The van der Waals surface area contributed by atoms with E-state index in [0.717, 1.165) is 22.2 Å². The van der Waals surface area contributed by atoms with Crippen LogP contribution in [-0.2, 0) is 5.41 Å². The second-order valence-corrected chi connectivity index (χ2v) is 14.3. The van der Waals surface area contributed by atoms with Crippen molar-refractivity contribution in [3.05, 3.63) is 169 Å². The molecule has 0 saturated heterocycles. The van der Waals surface area contributed by atoms with Gasteiger partial charge in [-0.25, -0.2) is 4.98 Å². The van der Waals surface area contributed by atoms with Crippen LogP contribution < -0.4 is 0 Å². The number of para-hydroxylation sites is 1. The second-order valence-electron chi connectivity index (χ2n) is 14.3. The third-order valence-corrected chi connectivity index (χ3v) is 11.4. The van der Waals surface area contributed by atoms with Crippen molar-refractivity contribution >= 4 is 65.0 Å². The largest absolute Gasteiger partial charge is 0.293 e. The summed E-state index contributed by atoms with van der Waals surface area (Å²) in [6, 6.07) is 58.0. The number of hydrogen-bond donors (Lipinski definition) is 0. The van der Waals surface area contributed by atoms with Gasteiger partial charge in [0.25, 0.3) is 0 Å². The average Bonchev–Trinajstić information content (AvgIpc) is 3.62. The zero-order chi connectivity index (χ0) is 33.1. The zero-order valence-corrected chi connectivity index (χ0v) is 27.9. The number of pyridine rings is 1. The molecule has 0 fully saturated rings. The van der Waals surface area contributed by atoms with Gasteiger partial charge in [0.1, 0.15) is 5.82 Å². The zero-order valence-electron chi connectivity index (χ0n) is 27.9. The molecule has 234 valence electrons. The van der Waals surface area contributed by atoms with E-state index in [2.05, 4.69) is 176 Å². The van der Waals surface area contributed by atoms with Crippen LogP contribution in [0.25, 0.3) is 93.1 Å². The molecule has 2 nitrogen and oxygen atoms in total. The Hall–Kier alpha value is -6.25. The topological polar surface area (TPSA) is 17.8 Å². The van der Waals surface area contributed by atoms with Gasteiger partial charge >= 0.3 is 0 Å². The Labute approximate surface area is 289 Å². The highest BCUT2D eigenvalue weighted by atomic mass is 15.1. The van der Waals surface area contributed by atoms with Gasteiger partial charge in [-0.15, -0.1) is 0 Å². The molecular formula is C48H32N2. The molecule has 0 N–H and O–H groups in total. The van der Waals surface area contributed by atoms with Gasteiger partial charge in [0.05, 0.1) is 16.6 Å². The predicted octanol–water partition coefficient (Wildman–Crippen LogP) is 12.8. The van der Waals surface area contributed by atoms with Gasteiger partial charge in [-0.3, -0.25) is 4.57 Å². The van der Waals surface area contributed by atoms with Crippen molar-refractivity contribution < 1.29 is 0 Å². The number of benzene rings is 8. The Morgan fingerprint density at radius 2 is 1.08 bits per heavy atom. The average molecular weight is 637 g/mol. The summed E-state index contributed by atoms with van der Waals surface area (Å²) in [5.41, 5.74) is 11.2. The first-order chi connectivity index (χ1) is 24.6. The Kier molecular flexibility index (Phi) is 5.48. The highest BCUT2D eigenvalue weighted by Gasteiger charge is 2.36. The van der Waals surface area contributed by atoms with Gasteiger partial charge < -0.3 is 0 Å².